The highest BCUT2D eigenvalue weighted by Crippen LogP contribution is 2.28. The molecule has 0 aliphatic heterocycles. The standard InChI is InChI=1S/C7H4ClF3OS/c8-6-4(1-2-13-6)5(12)3-7(9,10)11/h1-2H,3H2. The van der Waals surface area contributed by atoms with E-state index in [4.69, 9.17) is 11.6 Å². The second kappa shape index (κ2) is 3.67. The third-order valence-electron chi connectivity index (χ3n) is 1.28. The number of hydrogen-bond acceptors (Lipinski definition) is 2. The lowest BCUT2D eigenvalue weighted by Gasteiger charge is -2.03. The molecule has 0 radical (unpaired) electrons. The predicted octanol–water partition coefficient (Wildman–Crippen LogP) is 3.54. The lowest BCUT2D eigenvalue weighted by Crippen LogP contribution is -2.14. The second-order valence-electron chi connectivity index (χ2n) is 2.32. The number of hydrogen-bond donors (Lipinski definition) is 0. The molecule has 0 amide bonds. The van der Waals surface area contributed by atoms with E-state index >= 15 is 0 Å². The van der Waals surface area contributed by atoms with Crippen LogP contribution in [0.2, 0.25) is 4.34 Å². The van der Waals surface area contributed by atoms with Crippen LogP contribution in [-0.4, -0.2) is 12.0 Å². The molecule has 1 aromatic heterocycles. The van der Waals surface area contributed by atoms with Crippen LogP contribution >= 0.6 is 22.9 Å². The molecule has 1 heterocycles. The summed E-state index contributed by atoms with van der Waals surface area (Å²) in [5.74, 6) is -0.987. The normalized spacial score (nSPS) is 11.7. The summed E-state index contributed by atoms with van der Waals surface area (Å²) in [6, 6.07) is 1.29. The molecule has 0 aliphatic carbocycles. The SMILES string of the molecule is O=C(CC(F)(F)F)c1ccsc1Cl. The van der Waals surface area contributed by atoms with Crippen LogP contribution in [0.5, 0.6) is 0 Å². The first kappa shape index (κ1) is 10.5. The number of carbonyl (C=O) groups excluding carboxylic acids is 1. The largest absolute Gasteiger partial charge is 0.396 e. The maximum absolute atomic E-state index is 11.8. The maximum Gasteiger partial charge on any atom is 0.396 e. The molecular formula is C7H4ClF3OS. The number of ketones is 1. The third kappa shape index (κ3) is 3.00. The fraction of sp³-hybridized carbons (Fsp3) is 0.286. The summed E-state index contributed by atoms with van der Waals surface area (Å²) in [5, 5.41) is 1.48. The van der Waals surface area contributed by atoms with E-state index in [1.54, 1.807) is 0 Å². The molecule has 0 aromatic carbocycles. The van der Waals surface area contributed by atoms with Gasteiger partial charge in [0.2, 0.25) is 0 Å². The summed E-state index contributed by atoms with van der Waals surface area (Å²) >= 11 is 6.53. The Bertz CT molecular complexity index is 318. The van der Waals surface area contributed by atoms with E-state index in [-0.39, 0.29) is 9.90 Å². The molecular weight excluding hydrogens is 225 g/mol. The van der Waals surface area contributed by atoms with Crippen molar-refractivity contribution in [3.8, 4) is 0 Å². The minimum Gasteiger partial charge on any atom is -0.294 e. The van der Waals surface area contributed by atoms with Crippen LogP contribution in [0.15, 0.2) is 11.4 Å². The van der Waals surface area contributed by atoms with Gasteiger partial charge in [0.05, 0.1) is 0 Å². The lowest BCUT2D eigenvalue weighted by atomic mass is 10.1. The number of alkyl halides is 3. The van der Waals surface area contributed by atoms with Crippen molar-refractivity contribution in [3.63, 3.8) is 0 Å². The smallest absolute Gasteiger partial charge is 0.294 e. The number of carbonyl (C=O) groups is 1. The molecule has 0 N–H and O–H groups in total. The van der Waals surface area contributed by atoms with Crippen molar-refractivity contribution in [3.05, 3.63) is 21.3 Å². The number of halogens is 4. The summed E-state index contributed by atoms with van der Waals surface area (Å²) in [7, 11) is 0. The molecule has 0 unspecified atom stereocenters. The Morgan fingerprint density at radius 2 is 2.15 bits per heavy atom. The summed E-state index contributed by atoms with van der Waals surface area (Å²) in [5.41, 5.74) is -0.0519. The van der Waals surface area contributed by atoms with Gasteiger partial charge in [0.25, 0.3) is 0 Å². The first-order valence-electron chi connectivity index (χ1n) is 3.23. The van der Waals surface area contributed by atoms with E-state index in [9.17, 15) is 18.0 Å². The molecule has 1 aromatic rings. The van der Waals surface area contributed by atoms with Crippen molar-refractivity contribution in [2.24, 2.45) is 0 Å². The minimum absolute atomic E-state index is 0.0519. The molecule has 0 saturated carbocycles. The van der Waals surface area contributed by atoms with Gasteiger partial charge in [0, 0.05) is 5.56 Å². The zero-order valence-electron chi connectivity index (χ0n) is 6.19. The second-order valence-corrected chi connectivity index (χ2v) is 3.84. The van der Waals surface area contributed by atoms with Crippen molar-refractivity contribution >= 4 is 28.7 Å². The number of Topliss-reactive ketones (excluding diaryl/α,β-unsaturated/α-hetero) is 1. The molecule has 0 fully saturated rings. The zero-order chi connectivity index (χ0) is 10.1. The monoisotopic (exact) mass is 228 g/mol. The molecule has 0 aliphatic rings. The highest BCUT2D eigenvalue weighted by molar-refractivity contribution is 7.14. The molecule has 6 heteroatoms. The zero-order valence-corrected chi connectivity index (χ0v) is 7.76. The highest BCUT2D eigenvalue weighted by Gasteiger charge is 2.32. The maximum atomic E-state index is 11.8. The van der Waals surface area contributed by atoms with Crippen molar-refractivity contribution in [1.82, 2.24) is 0 Å². The van der Waals surface area contributed by atoms with Gasteiger partial charge in [0.15, 0.2) is 5.78 Å². The molecule has 0 bridgehead atoms. The van der Waals surface area contributed by atoms with E-state index in [1.807, 2.05) is 0 Å². The Morgan fingerprint density at radius 3 is 2.54 bits per heavy atom. The Labute approximate surface area is 81.1 Å². The first-order chi connectivity index (χ1) is 5.90. The average molecular weight is 229 g/mol. The number of thiophene rings is 1. The quantitative estimate of drug-likeness (QED) is 0.708. The molecule has 1 nitrogen and oxygen atoms in total. The summed E-state index contributed by atoms with van der Waals surface area (Å²) in [4.78, 5) is 10.9. The van der Waals surface area contributed by atoms with Gasteiger partial charge in [-0.25, -0.2) is 0 Å². The molecule has 0 atom stereocenters. The van der Waals surface area contributed by atoms with Crippen molar-refractivity contribution in [2.45, 2.75) is 12.6 Å². The van der Waals surface area contributed by atoms with Gasteiger partial charge >= 0.3 is 6.18 Å². The van der Waals surface area contributed by atoms with Gasteiger partial charge in [-0.1, -0.05) is 11.6 Å². The van der Waals surface area contributed by atoms with E-state index in [0.717, 1.165) is 11.3 Å². The summed E-state index contributed by atoms with van der Waals surface area (Å²) in [6.45, 7) is 0. The third-order valence-corrected chi connectivity index (χ3v) is 2.45. The van der Waals surface area contributed by atoms with Crippen LogP contribution in [0.25, 0.3) is 0 Å². The topological polar surface area (TPSA) is 17.1 Å². The van der Waals surface area contributed by atoms with Gasteiger partial charge in [-0.15, -0.1) is 11.3 Å². The van der Waals surface area contributed by atoms with Crippen molar-refractivity contribution in [2.75, 3.05) is 0 Å². The van der Waals surface area contributed by atoms with Crippen LogP contribution in [-0.2, 0) is 0 Å². The van der Waals surface area contributed by atoms with E-state index in [0.29, 0.717) is 0 Å². The first-order valence-corrected chi connectivity index (χ1v) is 4.49. The molecule has 0 spiro atoms. The lowest BCUT2D eigenvalue weighted by molar-refractivity contribution is -0.125. The number of rotatable bonds is 2. The van der Waals surface area contributed by atoms with Crippen LogP contribution in [0.3, 0.4) is 0 Å². The molecule has 0 saturated heterocycles. The fourth-order valence-corrected chi connectivity index (χ4v) is 1.73. The van der Waals surface area contributed by atoms with Crippen LogP contribution in [0, 0.1) is 0 Å². The van der Waals surface area contributed by atoms with E-state index in [1.165, 1.54) is 11.4 Å². The van der Waals surface area contributed by atoms with E-state index in [2.05, 4.69) is 0 Å². The Kier molecular flexibility index (Phi) is 2.98. The Morgan fingerprint density at radius 1 is 1.54 bits per heavy atom. The highest BCUT2D eigenvalue weighted by atomic mass is 35.5. The molecule has 13 heavy (non-hydrogen) atoms. The van der Waals surface area contributed by atoms with Gasteiger partial charge in [0.1, 0.15) is 10.8 Å². The molecule has 1 rings (SSSR count). The minimum atomic E-state index is -4.47. The summed E-state index contributed by atoms with van der Waals surface area (Å²) < 4.78 is 35.4. The fourth-order valence-electron chi connectivity index (χ4n) is 0.771. The van der Waals surface area contributed by atoms with Gasteiger partial charge in [-0.3, -0.25) is 4.79 Å². The Balaban J connectivity index is 2.76. The van der Waals surface area contributed by atoms with Gasteiger partial charge in [-0.2, -0.15) is 13.2 Å². The van der Waals surface area contributed by atoms with Crippen molar-refractivity contribution < 1.29 is 18.0 Å². The van der Waals surface area contributed by atoms with Crippen LogP contribution in [0.1, 0.15) is 16.8 Å². The molecule has 72 valence electrons. The van der Waals surface area contributed by atoms with Gasteiger partial charge in [-0.05, 0) is 11.4 Å². The average Bonchev–Trinajstić information content (AvgIpc) is 2.30. The van der Waals surface area contributed by atoms with Crippen LogP contribution in [0.4, 0.5) is 13.2 Å². The van der Waals surface area contributed by atoms with Gasteiger partial charge < -0.3 is 0 Å². The summed E-state index contributed by atoms with van der Waals surface area (Å²) in [6.07, 6.45) is -5.92. The van der Waals surface area contributed by atoms with Crippen LogP contribution < -0.4 is 0 Å². The predicted molar refractivity (Wildman–Crippen MR) is 44.3 cm³/mol. The van der Waals surface area contributed by atoms with Crippen molar-refractivity contribution in [1.29, 1.82) is 0 Å². The van der Waals surface area contributed by atoms with E-state index < -0.39 is 18.4 Å². The Hall–Kier alpha value is -0.550.